The van der Waals surface area contributed by atoms with Gasteiger partial charge in [-0.05, 0) is 35.9 Å². The van der Waals surface area contributed by atoms with Crippen LogP contribution in [0.25, 0.3) is 28.4 Å². The Morgan fingerprint density at radius 1 is 0.703 bits per heavy atom. The van der Waals surface area contributed by atoms with Gasteiger partial charge < -0.3 is 0 Å². The molecule has 6 nitrogen and oxygen atoms in total. The van der Waals surface area contributed by atoms with E-state index in [9.17, 15) is 9.59 Å². The Labute approximate surface area is 217 Å². The molecule has 0 N–H and O–H groups in total. The topological polar surface area (TPSA) is 67.6 Å². The molecule has 0 radical (unpaired) electrons. The van der Waals surface area contributed by atoms with E-state index in [0.29, 0.717) is 38.7 Å². The fourth-order valence-corrected chi connectivity index (χ4v) is 4.39. The molecule has 5 aromatic rings. The lowest BCUT2D eigenvalue weighted by Gasteiger charge is -2.23. The number of carbonyl (C=O) groups excluding carboxylic acids is 1. The number of carbonyl (C=O) groups is 1. The van der Waals surface area contributed by atoms with Crippen LogP contribution in [-0.2, 0) is 4.79 Å². The van der Waals surface area contributed by atoms with Crippen molar-refractivity contribution >= 4 is 40.3 Å². The van der Waals surface area contributed by atoms with Crippen LogP contribution in [0.5, 0.6) is 0 Å². The third kappa shape index (κ3) is 4.13. The summed E-state index contributed by atoms with van der Waals surface area (Å²) in [5, 5.41) is 2.31. The molecule has 6 rings (SSSR count). The third-order valence-corrected chi connectivity index (χ3v) is 6.28. The summed E-state index contributed by atoms with van der Waals surface area (Å²) in [4.78, 5) is 37.5. The van der Waals surface area contributed by atoms with Gasteiger partial charge in [0.15, 0.2) is 11.7 Å². The maximum absolute atomic E-state index is 14.0. The van der Waals surface area contributed by atoms with E-state index in [1.807, 2.05) is 78.9 Å². The van der Waals surface area contributed by atoms with Crippen molar-refractivity contribution in [1.82, 2.24) is 9.66 Å². The largest absolute Gasteiger partial charge is 0.297 e. The van der Waals surface area contributed by atoms with Gasteiger partial charge >= 0.3 is 0 Å². The molecular weight excluding hydrogens is 484 g/mol. The molecule has 0 spiro atoms. The van der Waals surface area contributed by atoms with E-state index in [4.69, 9.17) is 21.6 Å². The van der Waals surface area contributed by atoms with Crippen LogP contribution in [-0.4, -0.2) is 21.4 Å². The van der Waals surface area contributed by atoms with Crippen molar-refractivity contribution in [2.45, 2.75) is 0 Å². The number of amides is 1. The van der Waals surface area contributed by atoms with Gasteiger partial charge in [0.1, 0.15) is 5.70 Å². The number of amidine groups is 1. The van der Waals surface area contributed by atoms with Gasteiger partial charge in [0.05, 0.1) is 10.9 Å². The number of hydrogen-bond donors (Lipinski definition) is 0. The molecule has 1 aromatic heterocycles. The molecule has 7 heteroatoms. The van der Waals surface area contributed by atoms with Crippen LogP contribution in [0.1, 0.15) is 11.1 Å². The van der Waals surface area contributed by atoms with Crippen LogP contribution >= 0.6 is 11.6 Å². The van der Waals surface area contributed by atoms with Crippen molar-refractivity contribution in [2.24, 2.45) is 4.99 Å². The number of aliphatic imine (C=N–C) groups is 1. The second-order valence-electron chi connectivity index (χ2n) is 8.44. The first-order valence-corrected chi connectivity index (χ1v) is 12.0. The highest BCUT2D eigenvalue weighted by Crippen LogP contribution is 2.26. The number of hydrogen-bond acceptors (Lipinski definition) is 4. The van der Waals surface area contributed by atoms with Crippen LogP contribution in [0.4, 0.5) is 0 Å². The quantitative estimate of drug-likeness (QED) is 0.297. The molecule has 1 amide bonds. The molecular formula is C30H19ClN4O2. The Balaban J connectivity index is 1.62. The zero-order valence-electron chi connectivity index (χ0n) is 19.5. The van der Waals surface area contributed by atoms with Crippen LogP contribution in [0.3, 0.4) is 0 Å². The van der Waals surface area contributed by atoms with E-state index in [0.717, 1.165) is 5.56 Å². The molecule has 178 valence electrons. The maximum atomic E-state index is 14.0. The highest BCUT2D eigenvalue weighted by molar-refractivity contribution is 6.31. The molecule has 4 aromatic carbocycles. The fraction of sp³-hybridized carbons (Fsp3) is 0. The van der Waals surface area contributed by atoms with Crippen LogP contribution < -0.4 is 10.6 Å². The Morgan fingerprint density at radius 2 is 1.32 bits per heavy atom. The van der Waals surface area contributed by atoms with Gasteiger partial charge in [0, 0.05) is 16.1 Å². The molecule has 0 unspecified atom stereocenters. The zero-order valence-corrected chi connectivity index (χ0v) is 20.2. The number of fused-ring (bicyclic) bond motifs is 1. The van der Waals surface area contributed by atoms with Crippen molar-refractivity contribution in [3.05, 3.63) is 141 Å². The van der Waals surface area contributed by atoms with Crippen molar-refractivity contribution < 1.29 is 4.79 Å². The monoisotopic (exact) mass is 502 g/mol. The normalized spacial score (nSPS) is 14.4. The van der Waals surface area contributed by atoms with Crippen molar-refractivity contribution in [3.63, 3.8) is 0 Å². The fourth-order valence-electron chi connectivity index (χ4n) is 4.27. The number of rotatable bonds is 4. The van der Waals surface area contributed by atoms with Gasteiger partial charge in [0.2, 0.25) is 0 Å². The van der Waals surface area contributed by atoms with Crippen LogP contribution in [0.15, 0.2) is 125 Å². The minimum Gasteiger partial charge on any atom is -0.267 e. The minimum atomic E-state index is -0.440. The van der Waals surface area contributed by atoms with Gasteiger partial charge in [-0.25, -0.2) is 9.98 Å². The molecule has 0 saturated carbocycles. The third-order valence-electron chi connectivity index (χ3n) is 6.03. The van der Waals surface area contributed by atoms with E-state index in [1.54, 1.807) is 36.4 Å². The average Bonchev–Trinajstić information content (AvgIpc) is 3.26. The lowest BCUT2D eigenvalue weighted by molar-refractivity contribution is -0.115. The predicted octanol–water partition coefficient (Wildman–Crippen LogP) is 5.68. The first-order valence-electron chi connectivity index (χ1n) is 11.6. The Bertz CT molecular complexity index is 1760. The molecule has 0 saturated heterocycles. The molecule has 37 heavy (non-hydrogen) atoms. The molecule has 0 fully saturated rings. The highest BCUT2D eigenvalue weighted by atomic mass is 35.5. The summed E-state index contributed by atoms with van der Waals surface area (Å²) < 4.78 is 1.33. The summed E-state index contributed by atoms with van der Waals surface area (Å²) in [5.41, 5.74) is 2.52. The first-order chi connectivity index (χ1) is 18.1. The zero-order chi connectivity index (χ0) is 25.4. The summed E-state index contributed by atoms with van der Waals surface area (Å²) in [7, 11) is 0. The maximum Gasteiger partial charge on any atom is 0.297 e. The number of nitrogens with zero attached hydrogens (tertiary/aromatic N) is 4. The predicted molar refractivity (Wildman–Crippen MR) is 147 cm³/mol. The molecule has 0 bridgehead atoms. The minimum absolute atomic E-state index is 0.195. The molecule has 0 aliphatic carbocycles. The first kappa shape index (κ1) is 22.6. The summed E-state index contributed by atoms with van der Waals surface area (Å²) in [6.07, 6.45) is 1.68. The van der Waals surface area contributed by atoms with Gasteiger partial charge in [-0.3, -0.25) is 9.59 Å². The lowest BCUT2D eigenvalue weighted by Crippen LogP contribution is -2.49. The van der Waals surface area contributed by atoms with Crippen molar-refractivity contribution in [2.75, 3.05) is 5.01 Å². The number of aromatic nitrogens is 2. The smallest absolute Gasteiger partial charge is 0.267 e. The van der Waals surface area contributed by atoms with E-state index in [2.05, 4.69) is 0 Å². The van der Waals surface area contributed by atoms with Crippen LogP contribution in [0, 0.1) is 0 Å². The average molecular weight is 503 g/mol. The highest BCUT2D eigenvalue weighted by Gasteiger charge is 2.35. The van der Waals surface area contributed by atoms with Gasteiger partial charge in [-0.15, -0.1) is 0 Å². The van der Waals surface area contributed by atoms with E-state index in [1.165, 1.54) is 9.69 Å². The van der Waals surface area contributed by atoms with E-state index >= 15 is 0 Å². The number of halogens is 1. The Hall–Kier alpha value is -4.81. The molecule has 0 atom stereocenters. The summed E-state index contributed by atoms with van der Waals surface area (Å²) in [5.74, 6) is 0.237. The molecule has 1 aliphatic heterocycles. The van der Waals surface area contributed by atoms with Gasteiger partial charge in [-0.2, -0.15) is 9.69 Å². The number of para-hydroxylation sites is 1. The summed E-state index contributed by atoms with van der Waals surface area (Å²) >= 11 is 6.04. The summed E-state index contributed by atoms with van der Waals surface area (Å²) in [6.45, 7) is 0. The Morgan fingerprint density at radius 3 is 2.03 bits per heavy atom. The van der Waals surface area contributed by atoms with E-state index in [-0.39, 0.29) is 11.3 Å². The van der Waals surface area contributed by atoms with Crippen molar-refractivity contribution in [3.8, 4) is 11.4 Å². The van der Waals surface area contributed by atoms with Crippen LogP contribution in [0.2, 0.25) is 5.02 Å². The lowest BCUT2D eigenvalue weighted by atomic mass is 10.1. The Kier molecular flexibility index (Phi) is 5.71. The van der Waals surface area contributed by atoms with Gasteiger partial charge in [0.25, 0.3) is 11.5 Å². The van der Waals surface area contributed by atoms with Crippen molar-refractivity contribution in [1.29, 1.82) is 0 Å². The standard InChI is InChI=1S/C30H19ClN4O2/c31-23-17-15-20(16-18-23)19-26-30(37)35(28(33-26)22-11-5-2-6-12-22)34-27(21-9-3-1-4-10-21)32-25-14-8-7-13-24(25)29(34)36/h1-19H/b26-19+. The second-order valence-corrected chi connectivity index (χ2v) is 8.87. The van der Waals surface area contributed by atoms with Gasteiger partial charge in [-0.1, -0.05) is 96.5 Å². The van der Waals surface area contributed by atoms with E-state index < -0.39 is 5.91 Å². The summed E-state index contributed by atoms with van der Waals surface area (Å²) in [6, 6.07) is 32.9. The second kappa shape index (κ2) is 9.33. The SMILES string of the molecule is O=C1/C(=C\c2ccc(Cl)cc2)N=C(c2ccccc2)N1n1c(-c2ccccc2)nc2ccccc2c1=O. The molecule has 1 aliphatic rings. The molecule has 2 heterocycles. The number of benzene rings is 4.